The molecule has 0 fully saturated rings. The molecule has 2 heterocycles. The van der Waals surface area contributed by atoms with Gasteiger partial charge in [0.25, 0.3) is 0 Å². The Hall–Kier alpha value is -0.790. The molecule has 15 heavy (non-hydrogen) atoms. The molecule has 1 aromatic heterocycles. The molecule has 0 radical (unpaired) electrons. The number of aromatic nitrogens is 2. The summed E-state index contributed by atoms with van der Waals surface area (Å²) in [5.74, 6) is 1.98. The Morgan fingerprint density at radius 3 is 2.87 bits per heavy atom. The molecule has 2 nitrogen and oxygen atoms in total. The molecular formula is C13H22N2. The van der Waals surface area contributed by atoms with Crippen molar-refractivity contribution in [1.82, 2.24) is 9.55 Å². The van der Waals surface area contributed by atoms with Crippen molar-refractivity contribution in [2.24, 2.45) is 5.41 Å². The van der Waals surface area contributed by atoms with Crippen LogP contribution in [0.3, 0.4) is 0 Å². The van der Waals surface area contributed by atoms with Crippen LogP contribution in [-0.4, -0.2) is 9.55 Å². The lowest BCUT2D eigenvalue weighted by Crippen LogP contribution is -2.19. The summed E-state index contributed by atoms with van der Waals surface area (Å²) in [5, 5.41) is 0. The van der Waals surface area contributed by atoms with Gasteiger partial charge in [0.15, 0.2) is 0 Å². The number of imidazole rings is 1. The summed E-state index contributed by atoms with van der Waals surface area (Å²) in [5.41, 5.74) is 1.78. The fourth-order valence-corrected chi connectivity index (χ4v) is 2.40. The zero-order valence-corrected chi connectivity index (χ0v) is 10.4. The molecule has 0 saturated heterocycles. The van der Waals surface area contributed by atoms with Crippen LogP contribution in [0.2, 0.25) is 0 Å². The van der Waals surface area contributed by atoms with Crippen molar-refractivity contribution in [3.8, 4) is 0 Å². The minimum atomic E-state index is 0.336. The van der Waals surface area contributed by atoms with Crippen LogP contribution in [0.5, 0.6) is 0 Å². The molecule has 0 aromatic carbocycles. The SMILES string of the molecule is CC1CCCn2c1cnc2CC(C)(C)C. The van der Waals surface area contributed by atoms with Gasteiger partial charge in [-0.1, -0.05) is 27.7 Å². The molecule has 2 rings (SSSR count). The average molecular weight is 206 g/mol. The van der Waals surface area contributed by atoms with Crippen LogP contribution in [0, 0.1) is 5.41 Å². The Labute approximate surface area is 92.7 Å². The lowest BCUT2D eigenvalue weighted by atomic mass is 9.91. The quantitative estimate of drug-likeness (QED) is 0.689. The van der Waals surface area contributed by atoms with E-state index in [0.29, 0.717) is 11.3 Å². The highest BCUT2D eigenvalue weighted by molar-refractivity contribution is 5.13. The first kappa shape index (κ1) is 10.7. The molecule has 1 aliphatic heterocycles. The van der Waals surface area contributed by atoms with Gasteiger partial charge in [0.05, 0.1) is 0 Å². The molecule has 0 N–H and O–H groups in total. The molecular weight excluding hydrogens is 184 g/mol. The van der Waals surface area contributed by atoms with Crippen molar-refractivity contribution in [2.75, 3.05) is 0 Å². The lowest BCUT2D eigenvalue weighted by molar-refractivity contribution is 0.379. The van der Waals surface area contributed by atoms with E-state index in [-0.39, 0.29) is 0 Å². The van der Waals surface area contributed by atoms with Gasteiger partial charge < -0.3 is 4.57 Å². The van der Waals surface area contributed by atoms with Crippen LogP contribution >= 0.6 is 0 Å². The molecule has 84 valence electrons. The lowest BCUT2D eigenvalue weighted by Gasteiger charge is -2.24. The first-order valence-electron chi connectivity index (χ1n) is 6.02. The van der Waals surface area contributed by atoms with E-state index < -0.39 is 0 Å². The van der Waals surface area contributed by atoms with Crippen LogP contribution in [-0.2, 0) is 13.0 Å². The predicted molar refractivity (Wildman–Crippen MR) is 63.0 cm³/mol. The molecule has 2 heteroatoms. The van der Waals surface area contributed by atoms with E-state index in [1.807, 2.05) is 0 Å². The second-order valence-corrected chi connectivity index (χ2v) is 6.03. The van der Waals surface area contributed by atoms with Gasteiger partial charge in [-0.05, 0) is 24.2 Å². The van der Waals surface area contributed by atoms with E-state index in [9.17, 15) is 0 Å². The van der Waals surface area contributed by atoms with Crippen LogP contribution in [0.4, 0.5) is 0 Å². The summed E-state index contributed by atoms with van der Waals surface area (Å²) < 4.78 is 2.44. The maximum Gasteiger partial charge on any atom is 0.109 e. The van der Waals surface area contributed by atoms with Crippen LogP contribution in [0.25, 0.3) is 0 Å². The second-order valence-electron chi connectivity index (χ2n) is 6.03. The van der Waals surface area contributed by atoms with E-state index >= 15 is 0 Å². The van der Waals surface area contributed by atoms with Gasteiger partial charge in [-0.15, -0.1) is 0 Å². The minimum absolute atomic E-state index is 0.336. The van der Waals surface area contributed by atoms with Gasteiger partial charge in [0.2, 0.25) is 0 Å². The summed E-state index contributed by atoms with van der Waals surface area (Å²) in [6, 6.07) is 0. The smallest absolute Gasteiger partial charge is 0.109 e. The maximum atomic E-state index is 4.60. The van der Waals surface area contributed by atoms with Gasteiger partial charge in [0.1, 0.15) is 5.82 Å². The molecule has 0 saturated carbocycles. The van der Waals surface area contributed by atoms with Crippen LogP contribution in [0.1, 0.15) is 58.0 Å². The molecule has 1 unspecified atom stereocenters. The van der Waals surface area contributed by atoms with Crippen molar-refractivity contribution >= 4 is 0 Å². The number of nitrogens with zero attached hydrogens (tertiary/aromatic N) is 2. The van der Waals surface area contributed by atoms with Gasteiger partial charge >= 0.3 is 0 Å². The van der Waals surface area contributed by atoms with E-state index in [1.165, 1.54) is 30.9 Å². The van der Waals surface area contributed by atoms with Crippen LogP contribution < -0.4 is 0 Å². The monoisotopic (exact) mass is 206 g/mol. The standard InChI is InChI=1S/C13H22N2/c1-10-6-5-7-15-11(10)9-14-12(15)8-13(2,3)4/h9-10H,5-8H2,1-4H3. The average Bonchev–Trinajstić information content (AvgIpc) is 2.48. The van der Waals surface area contributed by atoms with Crippen molar-refractivity contribution in [1.29, 1.82) is 0 Å². The fraction of sp³-hybridized carbons (Fsp3) is 0.769. The number of fused-ring (bicyclic) bond motifs is 1. The minimum Gasteiger partial charge on any atom is -0.332 e. The highest BCUT2D eigenvalue weighted by atomic mass is 15.1. The zero-order chi connectivity index (χ0) is 11.1. The summed E-state index contributed by atoms with van der Waals surface area (Å²) in [7, 11) is 0. The molecule has 0 bridgehead atoms. The third kappa shape index (κ3) is 2.24. The molecule has 1 aromatic rings. The molecule has 0 spiro atoms. The highest BCUT2D eigenvalue weighted by Gasteiger charge is 2.22. The molecule has 1 atom stereocenters. The van der Waals surface area contributed by atoms with E-state index in [1.54, 1.807) is 0 Å². The van der Waals surface area contributed by atoms with Gasteiger partial charge in [0, 0.05) is 24.9 Å². The topological polar surface area (TPSA) is 17.8 Å². The summed E-state index contributed by atoms with van der Waals surface area (Å²) >= 11 is 0. The molecule has 0 amide bonds. The van der Waals surface area contributed by atoms with Crippen molar-refractivity contribution in [3.05, 3.63) is 17.7 Å². The van der Waals surface area contributed by atoms with Gasteiger partial charge in [-0.25, -0.2) is 4.98 Å². The predicted octanol–water partition coefficient (Wildman–Crippen LogP) is 3.37. The van der Waals surface area contributed by atoms with E-state index in [0.717, 1.165) is 6.42 Å². The number of hydrogen-bond donors (Lipinski definition) is 0. The molecule has 1 aliphatic rings. The third-order valence-corrected chi connectivity index (χ3v) is 3.18. The van der Waals surface area contributed by atoms with E-state index in [2.05, 4.69) is 43.4 Å². The number of hydrogen-bond acceptors (Lipinski definition) is 1. The summed E-state index contributed by atoms with van der Waals surface area (Å²) in [6.07, 6.45) is 5.80. The van der Waals surface area contributed by atoms with Crippen molar-refractivity contribution in [3.63, 3.8) is 0 Å². The maximum absolute atomic E-state index is 4.60. The third-order valence-electron chi connectivity index (χ3n) is 3.18. The van der Waals surface area contributed by atoms with E-state index in [4.69, 9.17) is 0 Å². The van der Waals surface area contributed by atoms with Gasteiger partial charge in [-0.2, -0.15) is 0 Å². The zero-order valence-electron chi connectivity index (χ0n) is 10.4. The Bertz CT molecular complexity index is 344. The Morgan fingerprint density at radius 1 is 1.47 bits per heavy atom. The Kier molecular flexibility index (Phi) is 2.61. The Balaban J connectivity index is 2.27. The van der Waals surface area contributed by atoms with Crippen molar-refractivity contribution in [2.45, 2.75) is 59.4 Å². The van der Waals surface area contributed by atoms with Crippen LogP contribution in [0.15, 0.2) is 6.20 Å². The fourth-order valence-electron chi connectivity index (χ4n) is 2.40. The largest absolute Gasteiger partial charge is 0.332 e. The number of rotatable bonds is 1. The Morgan fingerprint density at radius 2 is 2.20 bits per heavy atom. The highest BCUT2D eigenvalue weighted by Crippen LogP contribution is 2.29. The summed E-state index contributed by atoms with van der Waals surface area (Å²) in [6.45, 7) is 10.3. The van der Waals surface area contributed by atoms with Crippen molar-refractivity contribution < 1.29 is 0 Å². The summed E-state index contributed by atoms with van der Waals surface area (Å²) in [4.78, 5) is 4.60. The second kappa shape index (κ2) is 3.66. The first-order chi connectivity index (χ1) is 6.97. The first-order valence-corrected chi connectivity index (χ1v) is 6.02. The normalized spacial score (nSPS) is 21.5. The van der Waals surface area contributed by atoms with Gasteiger partial charge in [-0.3, -0.25) is 0 Å². The molecule has 0 aliphatic carbocycles.